The number of hydrogen-bond acceptors (Lipinski definition) is 4. The van der Waals surface area contributed by atoms with Crippen molar-refractivity contribution in [1.82, 2.24) is 9.97 Å². The third kappa shape index (κ3) is 2.60. The Morgan fingerprint density at radius 3 is 3.10 bits per heavy atom. The van der Waals surface area contributed by atoms with Crippen molar-refractivity contribution in [3.63, 3.8) is 0 Å². The van der Waals surface area contributed by atoms with Crippen LogP contribution in [-0.4, -0.2) is 22.6 Å². The zero-order chi connectivity index (χ0) is 14.8. The van der Waals surface area contributed by atoms with Crippen LogP contribution in [0.1, 0.15) is 39.0 Å². The maximum Gasteiger partial charge on any atom is 0.258 e. The first kappa shape index (κ1) is 13.9. The Balaban J connectivity index is 2.06. The van der Waals surface area contributed by atoms with Gasteiger partial charge in [0.25, 0.3) is 5.56 Å². The van der Waals surface area contributed by atoms with Gasteiger partial charge in [0.15, 0.2) is 0 Å². The summed E-state index contributed by atoms with van der Waals surface area (Å²) in [5, 5.41) is 0.558. The van der Waals surface area contributed by atoms with Gasteiger partial charge < -0.3 is 15.6 Å². The summed E-state index contributed by atoms with van der Waals surface area (Å²) in [6.07, 6.45) is 7.50. The average Bonchev–Trinajstić information content (AvgIpc) is 2.49. The van der Waals surface area contributed by atoms with Gasteiger partial charge in [-0.25, -0.2) is 4.98 Å². The van der Waals surface area contributed by atoms with E-state index in [1.165, 1.54) is 38.4 Å². The molecular weight excluding hydrogens is 264 g/mol. The molecule has 1 aromatic carbocycles. The molecule has 1 atom stereocenters. The lowest BCUT2D eigenvalue weighted by Crippen LogP contribution is -2.39. The molecule has 1 fully saturated rings. The number of rotatable bonds is 3. The summed E-state index contributed by atoms with van der Waals surface area (Å²) in [6, 6.07) is 4.27. The Kier molecular flexibility index (Phi) is 3.82. The lowest BCUT2D eigenvalue weighted by Gasteiger charge is -2.38. The molecule has 0 bridgehead atoms. The second-order valence-corrected chi connectivity index (χ2v) is 5.79. The van der Waals surface area contributed by atoms with Gasteiger partial charge in [0.05, 0.1) is 28.6 Å². The summed E-state index contributed by atoms with van der Waals surface area (Å²) in [4.78, 5) is 21.1. The quantitative estimate of drug-likeness (QED) is 0.851. The van der Waals surface area contributed by atoms with E-state index in [0.717, 1.165) is 12.2 Å². The third-order valence-corrected chi connectivity index (χ3v) is 4.35. The van der Waals surface area contributed by atoms with Gasteiger partial charge in [-0.05, 0) is 37.8 Å². The zero-order valence-corrected chi connectivity index (χ0v) is 12.4. The number of anilines is 2. The summed E-state index contributed by atoms with van der Waals surface area (Å²) in [5.74, 6) is 0. The maximum atomic E-state index is 11.8. The lowest BCUT2D eigenvalue weighted by atomic mass is 9.97. The topological polar surface area (TPSA) is 75.0 Å². The molecule has 112 valence electrons. The van der Waals surface area contributed by atoms with Crippen LogP contribution in [0.3, 0.4) is 0 Å². The van der Waals surface area contributed by atoms with E-state index in [9.17, 15) is 4.79 Å². The summed E-state index contributed by atoms with van der Waals surface area (Å²) in [5.41, 5.74) is 8.49. The number of nitrogens with two attached hydrogens (primary N) is 1. The van der Waals surface area contributed by atoms with Crippen molar-refractivity contribution in [3.05, 3.63) is 28.8 Å². The Bertz CT molecular complexity index is 692. The fourth-order valence-corrected chi connectivity index (χ4v) is 3.32. The fourth-order valence-electron chi connectivity index (χ4n) is 3.32. The van der Waals surface area contributed by atoms with E-state index < -0.39 is 0 Å². The molecule has 3 N–H and O–H groups in total. The van der Waals surface area contributed by atoms with E-state index in [0.29, 0.717) is 22.6 Å². The standard InChI is InChI=1S/C16H22N4O/c1-2-5-11-6-3-4-7-20(11)15-9-14-12(8-13(15)17)16(21)19-10-18-14/h8-11H,2-7,17H2,1H3,(H,18,19,21). The number of aromatic nitrogens is 2. The second-order valence-electron chi connectivity index (χ2n) is 5.79. The summed E-state index contributed by atoms with van der Waals surface area (Å²) < 4.78 is 0. The molecule has 0 amide bonds. The first-order chi connectivity index (χ1) is 10.2. The monoisotopic (exact) mass is 286 g/mol. The number of nitrogens with zero attached hydrogens (tertiary/aromatic N) is 2. The van der Waals surface area contributed by atoms with E-state index in [2.05, 4.69) is 21.8 Å². The predicted molar refractivity (Wildman–Crippen MR) is 86.7 cm³/mol. The van der Waals surface area contributed by atoms with Crippen LogP contribution in [0.15, 0.2) is 23.3 Å². The number of H-pyrrole nitrogens is 1. The van der Waals surface area contributed by atoms with Gasteiger partial charge in [-0.3, -0.25) is 4.79 Å². The number of fused-ring (bicyclic) bond motifs is 1. The molecule has 0 saturated carbocycles. The minimum absolute atomic E-state index is 0.137. The molecule has 2 heterocycles. The number of aromatic amines is 1. The molecule has 5 nitrogen and oxygen atoms in total. The minimum atomic E-state index is -0.137. The fraction of sp³-hybridized carbons (Fsp3) is 0.500. The molecule has 5 heteroatoms. The number of nitrogen functional groups attached to an aromatic ring is 1. The molecular formula is C16H22N4O. The van der Waals surface area contributed by atoms with Gasteiger partial charge >= 0.3 is 0 Å². The van der Waals surface area contributed by atoms with Gasteiger partial charge in [-0.2, -0.15) is 0 Å². The van der Waals surface area contributed by atoms with Crippen LogP contribution < -0.4 is 16.2 Å². The molecule has 3 rings (SSSR count). The van der Waals surface area contributed by atoms with Crippen LogP contribution in [0.2, 0.25) is 0 Å². The molecule has 0 spiro atoms. The second kappa shape index (κ2) is 5.76. The van der Waals surface area contributed by atoms with Gasteiger partial charge in [0.1, 0.15) is 0 Å². The van der Waals surface area contributed by atoms with Crippen LogP contribution in [0.4, 0.5) is 11.4 Å². The smallest absolute Gasteiger partial charge is 0.258 e. The van der Waals surface area contributed by atoms with Crippen molar-refractivity contribution >= 4 is 22.3 Å². The number of benzene rings is 1. The largest absolute Gasteiger partial charge is 0.397 e. The Morgan fingerprint density at radius 2 is 2.29 bits per heavy atom. The molecule has 1 aliphatic heterocycles. The number of hydrogen-bond donors (Lipinski definition) is 2. The Morgan fingerprint density at radius 1 is 1.43 bits per heavy atom. The molecule has 1 aliphatic rings. The van der Waals surface area contributed by atoms with Crippen LogP contribution in [0.5, 0.6) is 0 Å². The van der Waals surface area contributed by atoms with Gasteiger partial charge in [0, 0.05) is 12.6 Å². The lowest BCUT2D eigenvalue weighted by molar-refractivity contribution is 0.435. The highest BCUT2D eigenvalue weighted by Crippen LogP contribution is 2.33. The van der Waals surface area contributed by atoms with Crippen LogP contribution in [-0.2, 0) is 0 Å². The maximum absolute atomic E-state index is 11.8. The summed E-state index contributed by atoms with van der Waals surface area (Å²) >= 11 is 0. The van der Waals surface area contributed by atoms with Crippen molar-refractivity contribution in [3.8, 4) is 0 Å². The van der Waals surface area contributed by atoms with Gasteiger partial charge in [-0.15, -0.1) is 0 Å². The van der Waals surface area contributed by atoms with Gasteiger partial charge in [-0.1, -0.05) is 13.3 Å². The van der Waals surface area contributed by atoms with Crippen LogP contribution in [0, 0.1) is 0 Å². The number of piperidine rings is 1. The van der Waals surface area contributed by atoms with E-state index in [4.69, 9.17) is 5.73 Å². The molecule has 2 aromatic rings. The van der Waals surface area contributed by atoms with E-state index >= 15 is 0 Å². The van der Waals surface area contributed by atoms with Crippen molar-refractivity contribution < 1.29 is 0 Å². The molecule has 1 unspecified atom stereocenters. The van der Waals surface area contributed by atoms with Gasteiger partial charge in [0.2, 0.25) is 0 Å². The highest BCUT2D eigenvalue weighted by molar-refractivity contribution is 5.88. The molecule has 1 aromatic heterocycles. The van der Waals surface area contributed by atoms with Crippen LogP contribution >= 0.6 is 0 Å². The first-order valence-corrected chi connectivity index (χ1v) is 7.74. The van der Waals surface area contributed by atoms with E-state index in [1.54, 1.807) is 6.07 Å². The van der Waals surface area contributed by atoms with Crippen LogP contribution in [0.25, 0.3) is 10.9 Å². The third-order valence-electron chi connectivity index (χ3n) is 4.35. The zero-order valence-electron chi connectivity index (χ0n) is 12.4. The summed E-state index contributed by atoms with van der Waals surface area (Å²) in [7, 11) is 0. The van der Waals surface area contributed by atoms with Crippen molar-refractivity contribution in [1.29, 1.82) is 0 Å². The average molecular weight is 286 g/mol. The van der Waals surface area contributed by atoms with Crippen molar-refractivity contribution in [2.24, 2.45) is 0 Å². The normalized spacial score (nSPS) is 19.1. The minimum Gasteiger partial charge on any atom is -0.397 e. The Labute approximate surface area is 124 Å². The van der Waals surface area contributed by atoms with Crippen molar-refractivity contribution in [2.75, 3.05) is 17.2 Å². The van der Waals surface area contributed by atoms with E-state index in [-0.39, 0.29) is 5.56 Å². The number of nitrogens with one attached hydrogen (secondary N) is 1. The van der Waals surface area contributed by atoms with E-state index in [1.807, 2.05) is 6.07 Å². The predicted octanol–water partition coefficient (Wildman–Crippen LogP) is 2.66. The molecule has 1 saturated heterocycles. The molecule has 21 heavy (non-hydrogen) atoms. The highest BCUT2D eigenvalue weighted by atomic mass is 16.1. The Hall–Kier alpha value is -2.04. The molecule has 0 radical (unpaired) electrons. The highest BCUT2D eigenvalue weighted by Gasteiger charge is 2.24. The molecule has 0 aliphatic carbocycles. The van der Waals surface area contributed by atoms with Crippen molar-refractivity contribution in [2.45, 2.75) is 45.1 Å². The first-order valence-electron chi connectivity index (χ1n) is 7.74. The SMILES string of the molecule is CCCC1CCCCN1c1cc2nc[nH]c(=O)c2cc1N. The summed E-state index contributed by atoms with van der Waals surface area (Å²) in [6.45, 7) is 3.25.